The number of aliphatic hydroxyl groups is 1. The van der Waals surface area contributed by atoms with E-state index < -0.39 is 17.6 Å². The van der Waals surface area contributed by atoms with Crippen molar-refractivity contribution < 1.29 is 14.6 Å². The van der Waals surface area contributed by atoms with Crippen LogP contribution in [-0.4, -0.2) is 29.8 Å². The number of carbonyl (C=O) groups is 1. The molecule has 0 bridgehead atoms. The Bertz CT molecular complexity index is 192. The lowest BCUT2D eigenvalue weighted by Crippen LogP contribution is -2.55. The standard InChI is InChI=1S/C9H17NO3.ClH/c1-13-8(12)7(11)9(10)5-3-2-4-6-9;/h7,11H,2-6,10H2,1H3;1H. The number of aliphatic hydroxyl groups excluding tert-OH is 1. The molecule has 1 saturated carbocycles. The average Bonchev–Trinajstić information content (AvgIpc) is 2.16. The number of hydrogen-bond donors (Lipinski definition) is 2. The molecule has 0 amide bonds. The van der Waals surface area contributed by atoms with Crippen molar-refractivity contribution >= 4 is 18.4 Å². The average molecular weight is 224 g/mol. The topological polar surface area (TPSA) is 72.5 Å². The van der Waals surface area contributed by atoms with Crippen molar-refractivity contribution in [2.75, 3.05) is 7.11 Å². The number of carbonyl (C=O) groups excluding carboxylic acids is 1. The van der Waals surface area contributed by atoms with Gasteiger partial charge in [0.25, 0.3) is 0 Å². The van der Waals surface area contributed by atoms with Crippen LogP contribution in [0.25, 0.3) is 0 Å². The Labute approximate surface area is 90.2 Å². The summed E-state index contributed by atoms with van der Waals surface area (Å²) in [6.07, 6.45) is 3.31. The third-order valence-electron chi connectivity index (χ3n) is 2.75. The van der Waals surface area contributed by atoms with Crippen LogP contribution in [-0.2, 0) is 9.53 Å². The Balaban J connectivity index is 0.00000169. The second-order valence-electron chi connectivity index (χ2n) is 3.72. The first-order valence-corrected chi connectivity index (χ1v) is 4.65. The Morgan fingerprint density at radius 1 is 1.43 bits per heavy atom. The van der Waals surface area contributed by atoms with Gasteiger partial charge < -0.3 is 15.6 Å². The van der Waals surface area contributed by atoms with Crippen LogP contribution >= 0.6 is 12.4 Å². The summed E-state index contributed by atoms with van der Waals surface area (Å²) in [5, 5.41) is 9.60. The molecule has 1 aliphatic carbocycles. The van der Waals surface area contributed by atoms with Crippen molar-refractivity contribution in [3.05, 3.63) is 0 Å². The van der Waals surface area contributed by atoms with Gasteiger partial charge in [0.1, 0.15) is 0 Å². The van der Waals surface area contributed by atoms with Crippen molar-refractivity contribution in [1.82, 2.24) is 0 Å². The third-order valence-corrected chi connectivity index (χ3v) is 2.75. The Kier molecular flexibility index (Phi) is 5.41. The van der Waals surface area contributed by atoms with Crippen LogP contribution in [0.5, 0.6) is 0 Å². The molecule has 3 N–H and O–H groups in total. The van der Waals surface area contributed by atoms with Gasteiger partial charge in [-0.05, 0) is 12.8 Å². The summed E-state index contributed by atoms with van der Waals surface area (Å²) in [6, 6.07) is 0. The third kappa shape index (κ3) is 2.83. The molecule has 84 valence electrons. The molecule has 1 atom stereocenters. The Morgan fingerprint density at radius 2 is 1.93 bits per heavy atom. The quantitative estimate of drug-likeness (QED) is 0.673. The molecular weight excluding hydrogens is 206 g/mol. The van der Waals surface area contributed by atoms with Gasteiger partial charge in [0.15, 0.2) is 6.10 Å². The van der Waals surface area contributed by atoms with E-state index in [1.807, 2.05) is 0 Å². The zero-order valence-electron chi connectivity index (χ0n) is 8.36. The largest absolute Gasteiger partial charge is 0.467 e. The summed E-state index contributed by atoms with van der Waals surface area (Å²) in [4.78, 5) is 11.1. The maximum absolute atomic E-state index is 11.1. The molecule has 0 aromatic heterocycles. The molecule has 1 unspecified atom stereocenters. The van der Waals surface area contributed by atoms with E-state index in [4.69, 9.17) is 5.73 Å². The molecule has 0 saturated heterocycles. The molecule has 1 aliphatic rings. The van der Waals surface area contributed by atoms with E-state index in [0.29, 0.717) is 12.8 Å². The Hall–Kier alpha value is -0.320. The monoisotopic (exact) mass is 223 g/mol. The first-order chi connectivity index (χ1) is 6.10. The van der Waals surface area contributed by atoms with Gasteiger partial charge in [-0.15, -0.1) is 12.4 Å². The van der Waals surface area contributed by atoms with Gasteiger partial charge in [-0.2, -0.15) is 0 Å². The normalized spacial score (nSPS) is 21.9. The van der Waals surface area contributed by atoms with Crippen molar-refractivity contribution in [2.24, 2.45) is 5.73 Å². The fourth-order valence-electron chi connectivity index (χ4n) is 1.83. The molecule has 0 aliphatic heterocycles. The van der Waals surface area contributed by atoms with Gasteiger partial charge in [-0.3, -0.25) is 0 Å². The number of rotatable bonds is 2. The van der Waals surface area contributed by atoms with Crippen molar-refractivity contribution in [1.29, 1.82) is 0 Å². The fourth-order valence-corrected chi connectivity index (χ4v) is 1.83. The second kappa shape index (κ2) is 5.53. The number of esters is 1. The van der Waals surface area contributed by atoms with Crippen molar-refractivity contribution in [2.45, 2.75) is 43.7 Å². The van der Waals surface area contributed by atoms with E-state index in [0.717, 1.165) is 19.3 Å². The maximum atomic E-state index is 11.1. The van der Waals surface area contributed by atoms with E-state index in [-0.39, 0.29) is 12.4 Å². The molecule has 0 aromatic rings. The van der Waals surface area contributed by atoms with E-state index in [2.05, 4.69) is 4.74 Å². The predicted octanol–water partition coefficient (Wildman–Crippen LogP) is 0.604. The lowest BCUT2D eigenvalue weighted by Gasteiger charge is -2.35. The fraction of sp³-hybridized carbons (Fsp3) is 0.889. The summed E-state index contributed by atoms with van der Waals surface area (Å²) < 4.78 is 4.46. The molecule has 0 radical (unpaired) electrons. The van der Waals surface area contributed by atoms with Gasteiger partial charge in [0, 0.05) is 0 Å². The molecular formula is C9H18ClNO3. The first-order valence-electron chi connectivity index (χ1n) is 4.65. The highest BCUT2D eigenvalue weighted by Gasteiger charge is 2.39. The van der Waals surface area contributed by atoms with E-state index in [1.54, 1.807) is 0 Å². The minimum absolute atomic E-state index is 0. The minimum atomic E-state index is -1.17. The van der Waals surface area contributed by atoms with Gasteiger partial charge in [-0.25, -0.2) is 4.79 Å². The molecule has 1 rings (SSSR count). The zero-order chi connectivity index (χ0) is 9.90. The number of hydrogen-bond acceptors (Lipinski definition) is 4. The SMILES string of the molecule is COC(=O)C(O)C1(N)CCCCC1.Cl. The van der Waals surface area contributed by atoms with E-state index in [1.165, 1.54) is 7.11 Å². The second-order valence-corrected chi connectivity index (χ2v) is 3.72. The van der Waals surface area contributed by atoms with Crippen molar-refractivity contribution in [3.8, 4) is 0 Å². The van der Waals surface area contributed by atoms with Gasteiger partial charge in [-0.1, -0.05) is 19.3 Å². The summed E-state index contributed by atoms with van der Waals surface area (Å²) in [7, 11) is 1.26. The Morgan fingerprint density at radius 3 is 2.36 bits per heavy atom. The lowest BCUT2D eigenvalue weighted by atomic mass is 9.78. The molecule has 14 heavy (non-hydrogen) atoms. The van der Waals surface area contributed by atoms with Gasteiger partial charge in [0.2, 0.25) is 0 Å². The summed E-state index contributed by atoms with van der Waals surface area (Å²) in [5.41, 5.74) is 5.17. The van der Waals surface area contributed by atoms with Crippen molar-refractivity contribution in [3.63, 3.8) is 0 Å². The lowest BCUT2D eigenvalue weighted by molar-refractivity contribution is -0.155. The minimum Gasteiger partial charge on any atom is -0.467 e. The molecule has 1 fully saturated rings. The van der Waals surface area contributed by atoms with Crippen LogP contribution in [0.4, 0.5) is 0 Å². The van der Waals surface area contributed by atoms with Crippen LogP contribution in [0.3, 0.4) is 0 Å². The highest BCUT2D eigenvalue weighted by molar-refractivity contribution is 5.85. The molecule has 4 nitrogen and oxygen atoms in total. The summed E-state index contributed by atoms with van der Waals surface area (Å²) >= 11 is 0. The number of halogens is 1. The van der Waals surface area contributed by atoms with Crippen LogP contribution < -0.4 is 5.73 Å². The summed E-state index contributed by atoms with van der Waals surface area (Å²) in [5.74, 6) is -0.621. The number of ether oxygens (including phenoxy) is 1. The molecule has 0 aromatic carbocycles. The van der Waals surface area contributed by atoms with E-state index in [9.17, 15) is 9.90 Å². The highest BCUT2D eigenvalue weighted by Crippen LogP contribution is 2.29. The van der Waals surface area contributed by atoms with Gasteiger partial charge >= 0.3 is 5.97 Å². The number of methoxy groups -OCH3 is 1. The van der Waals surface area contributed by atoms with E-state index >= 15 is 0 Å². The van der Waals surface area contributed by atoms with Gasteiger partial charge in [0.05, 0.1) is 12.6 Å². The maximum Gasteiger partial charge on any atom is 0.336 e. The predicted molar refractivity (Wildman–Crippen MR) is 55.3 cm³/mol. The molecule has 5 heteroatoms. The summed E-state index contributed by atoms with van der Waals surface area (Å²) in [6.45, 7) is 0. The smallest absolute Gasteiger partial charge is 0.336 e. The molecule has 0 heterocycles. The molecule has 0 spiro atoms. The van der Waals surface area contributed by atoms with Crippen LogP contribution in [0, 0.1) is 0 Å². The van der Waals surface area contributed by atoms with Crippen LogP contribution in [0.1, 0.15) is 32.1 Å². The van der Waals surface area contributed by atoms with Crippen LogP contribution in [0.15, 0.2) is 0 Å². The number of nitrogens with two attached hydrogens (primary N) is 1. The highest BCUT2D eigenvalue weighted by atomic mass is 35.5. The first kappa shape index (κ1) is 13.7. The van der Waals surface area contributed by atoms with Crippen LogP contribution in [0.2, 0.25) is 0 Å². The zero-order valence-corrected chi connectivity index (χ0v) is 9.18.